The second kappa shape index (κ2) is 7.11. The van der Waals surface area contributed by atoms with Crippen molar-refractivity contribution in [2.24, 2.45) is 0 Å². The fourth-order valence-electron chi connectivity index (χ4n) is 0.858. The fourth-order valence-corrected chi connectivity index (χ4v) is 0.858. The molecule has 0 aromatic carbocycles. The van der Waals surface area contributed by atoms with E-state index in [0.717, 1.165) is 19.3 Å². The highest BCUT2D eigenvalue weighted by Gasteiger charge is 1.90. The number of aliphatic hydroxyl groups is 1. The lowest BCUT2D eigenvalue weighted by molar-refractivity contribution is 0.219. The molecule has 0 saturated carbocycles. The first-order valence-corrected chi connectivity index (χ1v) is 4.65. The van der Waals surface area contributed by atoms with Crippen LogP contribution in [0, 0.1) is 0 Å². The summed E-state index contributed by atoms with van der Waals surface area (Å²) in [6.45, 7) is 6.18. The van der Waals surface area contributed by atoms with Crippen molar-refractivity contribution in [3.8, 4) is 0 Å². The molecule has 1 nitrogen and oxygen atoms in total. The summed E-state index contributed by atoms with van der Waals surface area (Å²) in [7, 11) is 0. The van der Waals surface area contributed by atoms with E-state index in [1.807, 2.05) is 19.1 Å². The van der Waals surface area contributed by atoms with Crippen LogP contribution in [0.1, 0.15) is 40.0 Å². The van der Waals surface area contributed by atoms with Crippen molar-refractivity contribution < 1.29 is 5.11 Å². The van der Waals surface area contributed by atoms with Crippen LogP contribution in [0.4, 0.5) is 0 Å². The van der Waals surface area contributed by atoms with Crippen molar-refractivity contribution in [2.75, 3.05) is 0 Å². The van der Waals surface area contributed by atoms with E-state index < -0.39 is 0 Å². The molecule has 0 bridgehead atoms. The van der Waals surface area contributed by atoms with Gasteiger partial charge in [0.15, 0.2) is 0 Å². The molecule has 0 amide bonds. The van der Waals surface area contributed by atoms with Gasteiger partial charge in [-0.25, -0.2) is 0 Å². The Morgan fingerprint density at radius 1 is 1.33 bits per heavy atom. The quantitative estimate of drug-likeness (QED) is 0.494. The Labute approximate surface area is 75.8 Å². The number of hydrogen-bond donors (Lipinski definition) is 1. The fraction of sp³-hybridized carbons (Fsp3) is 0.636. The zero-order valence-corrected chi connectivity index (χ0v) is 8.38. The van der Waals surface area contributed by atoms with Crippen LogP contribution in [0.5, 0.6) is 0 Å². The van der Waals surface area contributed by atoms with Gasteiger partial charge < -0.3 is 5.11 Å². The molecule has 12 heavy (non-hydrogen) atoms. The van der Waals surface area contributed by atoms with E-state index in [9.17, 15) is 0 Å². The van der Waals surface area contributed by atoms with Crippen LogP contribution in [-0.2, 0) is 0 Å². The summed E-state index contributed by atoms with van der Waals surface area (Å²) in [6.07, 6.45) is 8.79. The lowest BCUT2D eigenvalue weighted by atomic mass is 10.2. The van der Waals surface area contributed by atoms with E-state index in [0.29, 0.717) is 0 Å². The van der Waals surface area contributed by atoms with E-state index in [1.54, 1.807) is 0 Å². The minimum atomic E-state index is -0.253. The van der Waals surface area contributed by atoms with Gasteiger partial charge in [-0.1, -0.05) is 30.7 Å². The predicted molar refractivity (Wildman–Crippen MR) is 54.1 cm³/mol. The molecule has 0 fully saturated rings. The molecule has 70 valence electrons. The largest absolute Gasteiger partial charge is 0.389 e. The molecular weight excluding hydrogens is 148 g/mol. The molecule has 0 aromatic heterocycles. The van der Waals surface area contributed by atoms with Gasteiger partial charge in [0.05, 0.1) is 6.10 Å². The molecule has 1 N–H and O–H groups in total. The molecule has 0 heterocycles. The highest BCUT2D eigenvalue weighted by atomic mass is 16.3. The molecule has 1 atom stereocenters. The predicted octanol–water partition coefficient (Wildman–Crippen LogP) is 3.06. The van der Waals surface area contributed by atoms with Crippen molar-refractivity contribution in [2.45, 2.75) is 46.1 Å². The summed E-state index contributed by atoms with van der Waals surface area (Å²) < 4.78 is 0. The average molecular weight is 168 g/mol. The van der Waals surface area contributed by atoms with E-state index in [2.05, 4.69) is 19.9 Å². The summed E-state index contributed by atoms with van der Waals surface area (Å²) >= 11 is 0. The Kier molecular flexibility index (Phi) is 6.78. The number of unbranched alkanes of at least 4 members (excludes halogenated alkanes) is 1. The van der Waals surface area contributed by atoms with Crippen molar-refractivity contribution in [1.29, 1.82) is 0 Å². The van der Waals surface area contributed by atoms with E-state index in [4.69, 9.17) is 5.11 Å². The molecule has 0 rings (SSSR count). The Balaban J connectivity index is 3.43. The first-order chi connectivity index (χ1) is 5.66. The summed E-state index contributed by atoms with van der Waals surface area (Å²) in [4.78, 5) is 0. The van der Waals surface area contributed by atoms with Crippen LogP contribution in [0.25, 0.3) is 0 Å². The Hall–Kier alpha value is -0.560. The third-order valence-corrected chi connectivity index (χ3v) is 1.66. The summed E-state index contributed by atoms with van der Waals surface area (Å²) in [6, 6.07) is 0. The molecule has 0 saturated heterocycles. The second-order valence-corrected chi connectivity index (χ2v) is 3.26. The third kappa shape index (κ3) is 7.55. The van der Waals surface area contributed by atoms with Crippen LogP contribution in [-0.4, -0.2) is 11.2 Å². The van der Waals surface area contributed by atoms with Crippen LogP contribution in [0.15, 0.2) is 23.8 Å². The van der Waals surface area contributed by atoms with Crippen LogP contribution < -0.4 is 0 Å². The van der Waals surface area contributed by atoms with Gasteiger partial charge in [-0.3, -0.25) is 0 Å². The average Bonchev–Trinajstić information content (AvgIpc) is 2.03. The lowest BCUT2D eigenvalue weighted by Crippen LogP contribution is -1.97. The monoisotopic (exact) mass is 168 g/mol. The molecule has 0 unspecified atom stereocenters. The Morgan fingerprint density at radius 2 is 2.00 bits per heavy atom. The summed E-state index contributed by atoms with van der Waals surface area (Å²) in [5.74, 6) is 0. The standard InChI is InChI=1S/C11H20O/c1-4-11(12)9-7-5-6-8-10(2)3/h7-9,11-12H,4-6H2,1-3H3/b9-7-/t11-/m0/s1. The summed E-state index contributed by atoms with van der Waals surface area (Å²) in [5.41, 5.74) is 1.36. The van der Waals surface area contributed by atoms with Gasteiger partial charge in [-0.2, -0.15) is 0 Å². The van der Waals surface area contributed by atoms with Gasteiger partial charge in [-0.05, 0) is 33.1 Å². The maximum absolute atomic E-state index is 9.16. The van der Waals surface area contributed by atoms with E-state index in [1.165, 1.54) is 5.57 Å². The normalized spacial score (nSPS) is 13.3. The maximum atomic E-state index is 9.16. The number of hydrogen-bond acceptors (Lipinski definition) is 1. The summed E-state index contributed by atoms with van der Waals surface area (Å²) in [5, 5.41) is 9.16. The zero-order chi connectivity index (χ0) is 9.40. The van der Waals surface area contributed by atoms with Crippen molar-refractivity contribution in [3.05, 3.63) is 23.8 Å². The Morgan fingerprint density at radius 3 is 2.50 bits per heavy atom. The second-order valence-electron chi connectivity index (χ2n) is 3.26. The zero-order valence-electron chi connectivity index (χ0n) is 8.38. The van der Waals surface area contributed by atoms with Gasteiger partial charge in [0.1, 0.15) is 0 Å². The highest BCUT2D eigenvalue weighted by Crippen LogP contribution is 1.99. The molecule has 0 aromatic rings. The molecule has 0 aliphatic carbocycles. The molecule has 0 spiro atoms. The van der Waals surface area contributed by atoms with Crippen molar-refractivity contribution >= 4 is 0 Å². The van der Waals surface area contributed by atoms with Gasteiger partial charge in [0.25, 0.3) is 0 Å². The van der Waals surface area contributed by atoms with Gasteiger partial charge >= 0.3 is 0 Å². The van der Waals surface area contributed by atoms with E-state index in [-0.39, 0.29) is 6.10 Å². The van der Waals surface area contributed by atoms with Crippen molar-refractivity contribution in [3.63, 3.8) is 0 Å². The molecule has 0 radical (unpaired) electrons. The van der Waals surface area contributed by atoms with Gasteiger partial charge in [0, 0.05) is 0 Å². The van der Waals surface area contributed by atoms with Crippen LogP contribution in [0.2, 0.25) is 0 Å². The first-order valence-electron chi connectivity index (χ1n) is 4.65. The third-order valence-electron chi connectivity index (χ3n) is 1.66. The smallest absolute Gasteiger partial charge is 0.0718 e. The van der Waals surface area contributed by atoms with E-state index >= 15 is 0 Å². The Bertz CT molecular complexity index is 152. The van der Waals surface area contributed by atoms with Crippen molar-refractivity contribution in [1.82, 2.24) is 0 Å². The topological polar surface area (TPSA) is 20.2 Å². The minimum absolute atomic E-state index is 0.253. The lowest BCUT2D eigenvalue weighted by Gasteiger charge is -1.97. The number of aliphatic hydroxyl groups excluding tert-OH is 1. The molecule has 0 aliphatic rings. The van der Waals surface area contributed by atoms with Gasteiger partial charge in [-0.15, -0.1) is 0 Å². The van der Waals surface area contributed by atoms with Crippen LogP contribution in [0.3, 0.4) is 0 Å². The van der Waals surface area contributed by atoms with Gasteiger partial charge in [0.2, 0.25) is 0 Å². The molecular formula is C11H20O. The molecule has 1 heteroatoms. The number of allylic oxidation sites excluding steroid dienone is 3. The molecule has 0 aliphatic heterocycles. The first kappa shape index (κ1) is 11.4. The maximum Gasteiger partial charge on any atom is 0.0718 e. The minimum Gasteiger partial charge on any atom is -0.389 e. The SMILES string of the molecule is CC[C@H](O)/C=C\CCC=C(C)C. The van der Waals surface area contributed by atoms with Crippen LogP contribution >= 0.6 is 0 Å². The highest BCUT2D eigenvalue weighted by molar-refractivity contribution is 4.96. The number of rotatable bonds is 5.